The minimum atomic E-state index is 0.160. The second kappa shape index (κ2) is 7.95. The van der Waals surface area contributed by atoms with Crippen LogP contribution in [-0.2, 0) is 6.42 Å². The molecule has 1 aliphatic heterocycles. The molecule has 0 spiro atoms. The third-order valence-corrected chi connectivity index (χ3v) is 5.31. The number of hydrogen-bond donors (Lipinski definition) is 1. The summed E-state index contributed by atoms with van der Waals surface area (Å²) in [5.41, 5.74) is 7.74. The lowest BCUT2D eigenvalue weighted by atomic mass is 9.86. The molecule has 118 valence electrons. The van der Waals surface area contributed by atoms with Gasteiger partial charge in [0.1, 0.15) is 0 Å². The van der Waals surface area contributed by atoms with E-state index >= 15 is 0 Å². The summed E-state index contributed by atoms with van der Waals surface area (Å²) in [4.78, 5) is 2.65. The molecular formula is C19H32N2. The van der Waals surface area contributed by atoms with Gasteiger partial charge in [-0.25, -0.2) is 0 Å². The number of nitrogens with zero attached hydrogens (tertiary/aromatic N) is 1. The van der Waals surface area contributed by atoms with Gasteiger partial charge in [0.2, 0.25) is 0 Å². The van der Waals surface area contributed by atoms with Crippen molar-refractivity contribution in [2.45, 2.75) is 57.9 Å². The van der Waals surface area contributed by atoms with Crippen molar-refractivity contribution >= 4 is 0 Å². The smallest absolute Gasteiger partial charge is 0.0306 e. The molecule has 2 heteroatoms. The minimum Gasteiger partial charge on any atom is -0.329 e. The van der Waals surface area contributed by atoms with Crippen LogP contribution in [0, 0.1) is 5.92 Å². The van der Waals surface area contributed by atoms with Crippen molar-refractivity contribution in [1.82, 2.24) is 4.90 Å². The van der Waals surface area contributed by atoms with Crippen molar-refractivity contribution in [3.05, 3.63) is 35.9 Å². The van der Waals surface area contributed by atoms with Crippen LogP contribution in [0.3, 0.4) is 0 Å². The molecule has 1 fully saturated rings. The first-order chi connectivity index (χ1) is 10.2. The van der Waals surface area contributed by atoms with Crippen molar-refractivity contribution in [2.24, 2.45) is 11.7 Å². The molecule has 1 unspecified atom stereocenters. The fourth-order valence-electron chi connectivity index (χ4n) is 3.62. The number of rotatable bonds is 7. The number of aryl methyl sites for hydroxylation is 1. The highest BCUT2D eigenvalue weighted by atomic mass is 15.2. The second-order valence-corrected chi connectivity index (χ2v) is 6.91. The molecule has 1 aromatic carbocycles. The molecule has 21 heavy (non-hydrogen) atoms. The number of benzene rings is 1. The molecule has 0 radical (unpaired) electrons. The molecule has 0 saturated carbocycles. The van der Waals surface area contributed by atoms with Gasteiger partial charge in [-0.15, -0.1) is 0 Å². The Morgan fingerprint density at radius 3 is 2.43 bits per heavy atom. The lowest BCUT2D eigenvalue weighted by Crippen LogP contribution is -2.54. The maximum absolute atomic E-state index is 6.15. The van der Waals surface area contributed by atoms with E-state index in [0.29, 0.717) is 0 Å². The Balaban J connectivity index is 1.88. The molecule has 2 rings (SSSR count). The van der Waals surface area contributed by atoms with Gasteiger partial charge in [-0.3, -0.25) is 4.90 Å². The topological polar surface area (TPSA) is 29.3 Å². The van der Waals surface area contributed by atoms with Crippen molar-refractivity contribution in [2.75, 3.05) is 19.6 Å². The summed E-state index contributed by atoms with van der Waals surface area (Å²) in [6, 6.07) is 10.8. The van der Waals surface area contributed by atoms with Crippen molar-refractivity contribution in [1.29, 1.82) is 0 Å². The maximum Gasteiger partial charge on any atom is 0.0306 e. The Morgan fingerprint density at radius 2 is 1.86 bits per heavy atom. The van der Waals surface area contributed by atoms with Gasteiger partial charge < -0.3 is 5.73 Å². The minimum absolute atomic E-state index is 0.160. The van der Waals surface area contributed by atoms with Crippen LogP contribution in [0.5, 0.6) is 0 Å². The summed E-state index contributed by atoms with van der Waals surface area (Å²) in [5, 5.41) is 0. The molecule has 1 aromatic rings. The number of nitrogens with two attached hydrogens (primary N) is 1. The molecule has 1 heterocycles. The summed E-state index contributed by atoms with van der Waals surface area (Å²) in [7, 11) is 0. The van der Waals surface area contributed by atoms with E-state index in [4.69, 9.17) is 5.73 Å². The van der Waals surface area contributed by atoms with E-state index in [1.165, 1.54) is 44.3 Å². The largest absolute Gasteiger partial charge is 0.329 e. The molecule has 1 aliphatic rings. The Hall–Kier alpha value is -0.860. The average molecular weight is 288 g/mol. The van der Waals surface area contributed by atoms with Gasteiger partial charge in [-0.05, 0) is 57.2 Å². The first-order valence-electron chi connectivity index (χ1n) is 8.67. The van der Waals surface area contributed by atoms with E-state index in [-0.39, 0.29) is 5.54 Å². The predicted octanol–water partition coefficient (Wildman–Crippen LogP) is 3.85. The Kier molecular flexibility index (Phi) is 6.25. The standard InChI is InChI=1S/C19H32N2/c1-3-7-17-11-14-21(15-12-17)19(2,16-20)13-10-18-8-5-4-6-9-18/h4-6,8-9,17H,3,7,10-16,20H2,1-2H3. The lowest BCUT2D eigenvalue weighted by molar-refractivity contribution is 0.0594. The van der Waals surface area contributed by atoms with Gasteiger partial charge in [0.15, 0.2) is 0 Å². The van der Waals surface area contributed by atoms with Gasteiger partial charge in [0, 0.05) is 12.1 Å². The van der Waals surface area contributed by atoms with E-state index in [9.17, 15) is 0 Å². The third-order valence-electron chi connectivity index (χ3n) is 5.31. The number of hydrogen-bond acceptors (Lipinski definition) is 2. The first kappa shape index (κ1) is 16.5. The van der Waals surface area contributed by atoms with Crippen molar-refractivity contribution in [3.63, 3.8) is 0 Å². The molecule has 0 bridgehead atoms. The van der Waals surface area contributed by atoms with Crippen LogP contribution < -0.4 is 5.73 Å². The fraction of sp³-hybridized carbons (Fsp3) is 0.684. The monoisotopic (exact) mass is 288 g/mol. The molecule has 1 atom stereocenters. The second-order valence-electron chi connectivity index (χ2n) is 6.91. The quantitative estimate of drug-likeness (QED) is 0.826. The van der Waals surface area contributed by atoms with Crippen LogP contribution in [0.25, 0.3) is 0 Å². The zero-order valence-corrected chi connectivity index (χ0v) is 13.9. The molecule has 2 nitrogen and oxygen atoms in total. The van der Waals surface area contributed by atoms with Gasteiger partial charge in [-0.1, -0.05) is 50.1 Å². The van der Waals surface area contributed by atoms with Gasteiger partial charge in [0.05, 0.1) is 0 Å². The van der Waals surface area contributed by atoms with Crippen molar-refractivity contribution in [3.8, 4) is 0 Å². The van der Waals surface area contributed by atoms with E-state index in [1.54, 1.807) is 0 Å². The van der Waals surface area contributed by atoms with Crippen molar-refractivity contribution < 1.29 is 0 Å². The highest BCUT2D eigenvalue weighted by Gasteiger charge is 2.32. The van der Waals surface area contributed by atoms with E-state index < -0.39 is 0 Å². The van der Waals surface area contributed by atoms with Crippen LogP contribution >= 0.6 is 0 Å². The third kappa shape index (κ3) is 4.55. The summed E-state index contributed by atoms with van der Waals surface area (Å²) in [6.07, 6.45) is 7.73. The summed E-state index contributed by atoms with van der Waals surface area (Å²) in [6.45, 7) is 7.88. The SMILES string of the molecule is CCCC1CCN(C(C)(CN)CCc2ccccc2)CC1. The average Bonchev–Trinajstić information content (AvgIpc) is 2.54. The zero-order chi connectivity index (χ0) is 15.1. The highest BCUT2D eigenvalue weighted by molar-refractivity contribution is 5.15. The van der Waals surface area contributed by atoms with E-state index in [2.05, 4.69) is 49.1 Å². The predicted molar refractivity (Wildman–Crippen MR) is 91.4 cm³/mol. The van der Waals surface area contributed by atoms with Gasteiger partial charge in [0.25, 0.3) is 0 Å². The van der Waals surface area contributed by atoms with Gasteiger partial charge in [-0.2, -0.15) is 0 Å². The Labute approximate surface area is 130 Å². The molecular weight excluding hydrogens is 256 g/mol. The molecule has 0 aromatic heterocycles. The molecule has 1 saturated heterocycles. The lowest BCUT2D eigenvalue weighted by Gasteiger charge is -2.45. The van der Waals surface area contributed by atoms with E-state index in [0.717, 1.165) is 25.3 Å². The highest BCUT2D eigenvalue weighted by Crippen LogP contribution is 2.29. The Morgan fingerprint density at radius 1 is 1.19 bits per heavy atom. The van der Waals surface area contributed by atoms with E-state index in [1.807, 2.05) is 0 Å². The zero-order valence-electron chi connectivity index (χ0n) is 13.9. The van der Waals surface area contributed by atoms with Crippen LogP contribution in [0.1, 0.15) is 51.5 Å². The summed E-state index contributed by atoms with van der Waals surface area (Å²) >= 11 is 0. The van der Waals surface area contributed by atoms with Crippen LogP contribution in [0.15, 0.2) is 30.3 Å². The Bertz CT molecular complexity index is 395. The van der Waals surface area contributed by atoms with Crippen LogP contribution in [0.4, 0.5) is 0 Å². The molecule has 2 N–H and O–H groups in total. The maximum atomic E-state index is 6.15. The number of likely N-dealkylation sites (tertiary alicyclic amines) is 1. The molecule has 0 amide bonds. The van der Waals surface area contributed by atoms with Crippen LogP contribution in [0.2, 0.25) is 0 Å². The summed E-state index contributed by atoms with van der Waals surface area (Å²) < 4.78 is 0. The molecule has 0 aliphatic carbocycles. The normalized spacial score (nSPS) is 20.3. The first-order valence-corrected chi connectivity index (χ1v) is 8.67. The van der Waals surface area contributed by atoms with Gasteiger partial charge >= 0.3 is 0 Å². The fourth-order valence-corrected chi connectivity index (χ4v) is 3.62. The number of piperidine rings is 1. The van der Waals surface area contributed by atoms with Crippen LogP contribution in [-0.4, -0.2) is 30.1 Å². The summed E-state index contributed by atoms with van der Waals surface area (Å²) in [5.74, 6) is 0.947.